The smallest absolute Gasteiger partial charge is 0.256 e. The number of thiazole rings is 1. The summed E-state index contributed by atoms with van der Waals surface area (Å²) in [7, 11) is 1.55. The van der Waals surface area contributed by atoms with Crippen molar-refractivity contribution in [3.05, 3.63) is 34.6 Å². The molecule has 0 bridgehead atoms. The first kappa shape index (κ1) is 13.4. The summed E-state index contributed by atoms with van der Waals surface area (Å²) in [6, 6.07) is 0. The molecule has 0 aromatic carbocycles. The molecule has 0 fully saturated rings. The van der Waals surface area contributed by atoms with Crippen molar-refractivity contribution in [2.45, 2.75) is 20.8 Å². The molecule has 1 aromatic heterocycles. The standard InChI is InChI=1S/C12H16N2O2S/c1-7(6-8(2)16-5)11(15)14-12-13-9(3)10(4)17-12/h6H,1H2,2-5H3,(H,13,14,15)/b8-6-. The normalized spacial score (nSPS) is 11.2. The maximum atomic E-state index is 11.7. The highest BCUT2D eigenvalue weighted by Gasteiger charge is 2.09. The molecule has 0 saturated carbocycles. The summed E-state index contributed by atoms with van der Waals surface area (Å²) in [4.78, 5) is 17.1. The van der Waals surface area contributed by atoms with Crippen molar-refractivity contribution in [1.82, 2.24) is 4.98 Å². The van der Waals surface area contributed by atoms with Gasteiger partial charge in [0, 0.05) is 10.5 Å². The van der Waals surface area contributed by atoms with Gasteiger partial charge in [-0.05, 0) is 26.8 Å². The van der Waals surface area contributed by atoms with E-state index >= 15 is 0 Å². The summed E-state index contributed by atoms with van der Waals surface area (Å²) in [6.07, 6.45) is 1.59. The minimum Gasteiger partial charge on any atom is -0.501 e. The van der Waals surface area contributed by atoms with Gasteiger partial charge in [-0.3, -0.25) is 10.1 Å². The molecule has 0 radical (unpaired) electrons. The lowest BCUT2D eigenvalue weighted by atomic mass is 10.2. The number of nitrogens with zero attached hydrogens (tertiary/aromatic N) is 1. The van der Waals surface area contributed by atoms with Gasteiger partial charge in [0.05, 0.1) is 18.6 Å². The summed E-state index contributed by atoms with van der Waals surface area (Å²) >= 11 is 1.45. The molecule has 5 heteroatoms. The van der Waals surface area contributed by atoms with Crippen LogP contribution in [-0.2, 0) is 9.53 Å². The van der Waals surface area contributed by atoms with Crippen molar-refractivity contribution in [3.63, 3.8) is 0 Å². The number of methoxy groups -OCH3 is 1. The summed E-state index contributed by atoms with van der Waals surface area (Å²) in [6.45, 7) is 9.31. The molecule has 1 N–H and O–H groups in total. The molecule has 1 aromatic rings. The van der Waals surface area contributed by atoms with Crippen molar-refractivity contribution >= 4 is 22.4 Å². The van der Waals surface area contributed by atoms with Crippen molar-refractivity contribution in [2.75, 3.05) is 12.4 Å². The van der Waals surface area contributed by atoms with E-state index in [0.717, 1.165) is 10.6 Å². The van der Waals surface area contributed by atoms with E-state index < -0.39 is 0 Å². The van der Waals surface area contributed by atoms with Gasteiger partial charge < -0.3 is 4.74 Å². The van der Waals surface area contributed by atoms with Crippen LogP contribution < -0.4 is 5.32 Å². The molecule has 0 saturated heterocycles. The maximum Gasteiger partial charge on any atom is 0.256 e. The first-order chi connectivity index (χ1) is 7.93. The monoisotopic (exact) mass is 252 g/mol. The van der Waals surface area contributed by atoms with Gasteiger partial charge in [-0.15, -0.1) is 11.3 Å². The van der Waals surface area contributed by atoms with Gasteiger partial charge in [-0.25, -0.2) is 4.98 Å². The van der Waals surface area contributed by atoms with Crippen LogP contribution in [0.5, 0.6) is 0 Å². The highest BCUT2D eigenvalue weighted by molar-refractivity contribution is 7.15. The van der Waals surface area contributed by atoms with Crippen molar-refractivity contribution < 1.29 is 9.53 Å². The van der Waals surface area contributed by atoms with E-state index in [-0.39, 0.29) is 5.91 Å². The Kier molecular flexibility index (Phi) is 4.45. The van der Waals surface area contributed by atoms with Crippen LogP contribution in [0.4, 0.5) is 5.13 Å². The van der Waals surface area contributed by atoms with Gasteiger partial charge in [0.2, 0.25) is 0 Å². The molecule has 0 atom stereocenters. The molecule has 1 heterocycles. The lowest BCUT2D eigenvalue weighted by Crippen LogP contribution is -2.12. The number of aromatic nitrogens is 1. The number of rotatable bonds is 4. The molecule has 92 valence electrons. The Hall–Kier alpha value is -1.62. The van der Waals surface area contributed by atoms with Crippen molar-refractivity contribution in [2.24, 2.45) is 0 Å². The molecule has 0 spiro atoms. The van der Waals surface area contributed by atoms with Crippen LogP contribution in [0.2, 0.25) is 0 Å². The van der Waals surface area contributed by atoms with Crippen LogP contribution in [0.25, 0.3) is 0 Å². The van der Waals surface area contributed by atoms with Gasteiger partial charge >= 0.3 is 0 Å². The number of aryl methyl sites for hydroxylation is 2. The van der Waals surface area contributed by atoms with Crippen LogP contribution in [0.3, 0.4) is 0 Å². The highest BCUT2D eigenvalue weighted by atomic mass is 32.1. The number of ether oxygens (including phenoxy) is 1. The second kappa shape index (κ2) is 5.63. The first-order valence-corrected chi connectivity index (χ1v) is 5.92. The summed E-state index contributed by atoms with van der Waals surface area (Å²) in [5.41, 5.74) is 1.27. The summed E-state index contributed by atoms with van der Waals surface area (Å²) < 4.78 is 4.95. The second-order valence-electron chi connectivity index (χ2n) is 3.60. The number of hydrogen-bond donors (Lipinski definition) is 1. The Balaban J connectivity index is 2.70. The average molecular weight is 252 g/mol. The average Bonchev–Trinajstić information content (AvgIpc) is 2.57. The molecule has 0 aliphatic rings. The van der Waals surface area contributed by atoms with Crippen molar-refractivity contribution in [3.8, 4) is 0 Å². The molecule has 17 heavy (non-hydrogen) atoms. The number of amides is 1. The Morgan fingerprint density at radius 3 is 2.65 bits per heavy atom. The van der Waals surface area contributed by atoms with Crippen LogP contribution in [0.15, 0.2) is 24.0 Å². The zero-order valence-electron chi connectivity index (χ0n) is 10.5. The van der Waals surface area contributed by atoms with E-state index in [4.69, 9.17) is 4.74 Å². The lowest BCUT2D eigenvalue weighted by Gasteiger charge is -2.02. The number of carbonyl (C=O) groups is 1. The SMILES string of the molecule is C=C(/C=C(/C)OC)C(=O)Nc1nc(C)c(C)s1. The third-order valence-corrected chi connectivity index (χ3v) is 3.23. The lowest BCUT2D eigenvalue weighted by molar-refractivity contribution is -0.112. The third-order valence-electron chi connectivity index (χ3n) is 2.24. The predicted octanol–water partition coefficient (Wildman–Crippen LogP) is 2.80. The first-order valence-electron chi connectivity index (χ1n) is 5.10. The molecule has 0 aliphatic carbocycles. The number of hydrogen-bond acceptors (Lipinski definition) is 4. The Labute approximate surface area is 105 Å². The second-order valence-corrected chi connectivity index (χ2v) is 4.80. The van der Waals surface area contributed by atoms with Gasteiger partial charge in [0.25, 0.3) is 5.91 Å². The molecule has 4 nitrogen and oxygen atoms in total. The quantitative estimate of drug-likeness (QED) is 0.509. The fourth-order valence-corrected chi connectivity index (χ4v) is 1.88. The molecule has 1 rings (SSSR count). The summed E-state index contributed by atoms with van der Waals surface area (Å²) in [5.74, 6) is 0.367. The highest BCUT2D eigenvalue weighted by Crippen LogP contribution is 2.21. The fourth-order valence-electron chi connectivity index (χ4n) is 1.07. The van der Waals surface area contributed by atoms with E-state index in [9.17, 15) is 4.79 Å². The third kappa shape index (κ3) is 3.71. The van der Waals surface area contributed by atoms with Crippen LogP contribution in [0, 0.1) is 13.8 Å². The largest absolute Gasteiger partial charge is 0.501 e. The van der Waals surface area contributed by atoms with Crippen LogP contribution >= 0.6 is 11.3 Å². The number of nitrogens with one attached hydrogen (secondary N) is 1. The van der Waals surface area contributed by atoms with Gasteiger partial charge in [-0.2, -0.15) is 0 Å². The van der Waals surface area contributed by atoms with E-state index in [1.54, 1.807) is 20.1 Å². The zero-order chi connectivity index (χ0) is 13.0. The zero-order valence-corrected chi connectivity index (χ0v) is 11.3. The molecule has 1 amide bonds. The van der Waals surface area contributed by atoms with Gasteiger partial charge in [0.15, 0.2) is 5.13 Å². The Bertz CT molecular complexity index is 455. The Morgan fingerprint density at radius 1 is 1.53 bits per heavy atom. The predicted molar refractivity (Wildman–Crippen MR) is 70.1 cm³/mol. The molecule has 0 aliphatic heterocycles. The molecule has 0 unspecified atom stereocenters. The van der Waals surface area contributed by atoms with Gasteiger partial charge in [-0.1, -0.05) is 6.58 Å². The van der Waals surface area contributed by atoms with Gasteiger partial charge in [0.1, 0.15) is 0 Å². The van der Waals surface area contributed by atoms with E-state index in [1.807, 2.05) is 13.8 Å². The maximum absolute atomic E-state index is 11.7. The molecular weight excluding hydrogens is 236 g/mol. The topological polar surface area (TPSA) is 51.2 Å². The van der Waals surface area contributed by atoms with E-state index in [0.29, 0.717) is 16.5 Å². The van der Waals surface area contributed by atoms with E-state index in [2.05, 4.69) is 16.9 Å². The minimum atomic E-state index is -0.268. The van der Waals surface area contributed by atoms with Crippen molar-refractivity contribution in [1.29, 1.82) is 0 Å². The minimum absolute atomic E-state index is 0.268. The Morgan fingerprint density at radius 2 is 2.18 bits per heavy atom. The van der Waals surface area contributed by atoms with Crippen LogP contribution in [-0.4, -0.2) is 18.0 Å². The van der Waals surface area contributed by atoms with Crippen LogP contribution in [0.1, 0.15) is 17.5 Å². The summed E-state index contributed by atoms with van der Waals surface area (Å²) in [5, 5.41) is 3.29. The number of anilines is 1. The fraction of sp³-hybridized carbons (Fsp3) is 0.333. The van der Waals surface area contributed by atoms with E-state index in [1.165, 1.54) is 11.3 Å². The number of allylic oxidation sites excluding steroid dienone is 1. The number of carbonyl (C=O) groups excluding carboxylic acids is 1. The molecular formula is C12H16N2O2S.